The molecule has 2 aromatic rings. The molecule has 1 heterocycles. The number of benzene rings is 1. The van der Waals surface area contributed by atoms with Crippen LogP contribution in [0.3, 0.4) is 0 Å². The lowest BCUT2D eigenvalue weighted by molar-refractivity contribution is -0.118. The van der Waals surface area contributed by atoms with E-state index in [-0.39, 0.29) is 17.8 Å². The Morgan fingerprint density at radius 2 is 2.21 bits per heavy atom. The fourth-order valence-corrected chi connectivity index (χ4v) is 2.31. The summed E-state index contributed by atoms with van der Waals surface area (Å²) in [6.07, 6.45) is -0.00863. The number of halogens is 3. The molecule has 2 N–H and O–H groups in total. The predicted octanol–water partition coefficient (Wildman–Crippen LogP) is 2.49. The van der Waals surface area contributed by atoms with Crippen LogP contribution in [0.2, 0.25) is 0 Å². The smallest absolute Gasteiger partial charge is 0.219 e. The summed E-state index contributed by atoms with van der Waals surface area (Å²) in [7, 11) is 0. The summed E-state index contributed by atoms with van der Waals surface area (Å²) in [5, 5.41) is 0. The highest BCUT2D eigenvalue weighted by Gasteiger charge is 2.21. The number of carbonyl (C=O) groups is 1. The fraction of sp³-hybridized carbons (Fsp3) is 0.333. The van der Waals surface area contributed by atoms with Crippen molar-refractivity contribution in [2.24, 2.45) is 5.73 Å². The summed E-state index contributed by atoms with van der Waals surface area (Å²) in [4.78, 5) is 15.1. The molecule has 1 atom stereocenters. The molecule has 4 nitrogen and oxygen atoms in total. The van der Waals surface area contributed by atoms with Gasteiger partial charge in [0.25, 0.3) is 0 Å². The first-order valence-electron chi connectivity index (χ1n) is 5.64. The maximum absolute atomic E-state index is 13.9. The topological polar surface area (TPSA) is 60.9 Å². The molecule has 1 aromatic carbocycles. The van der Waals surface area contributed by atoms with Gasteiger partial charge in [0.1, 0.15) is 11.3 Å². The number of imidazole rings is 1. The monoisotopic (exact) mass is 287 g/mol. The van der Waals surface area contributed by atoms with E-state index in [9.17, 15) is 13.6 Å². The van der Waals surface area contributed by atoms with Crippen molar-refractivity contribution in [2.75, 3.05) is 0 Å². The molecule has 19 heavy (non-hydrogen) atoms. The van der Waals surface area contributed by atoms with Crippen LogP contribution >= 0.6 is 11.6 Å². The second-order valence-electron chi connectivity index (χ2n) is 4.28. The third-order valence-corrected chi connectivity index (χ3v) is 3.11. The minimum Gasteiger partial charge on any atom is -0.370 e. The Balaban J connectivity index is 2.68. The van der Waals surface area contributed by atoms with Crippen LogP contribution in [0.15, 0.2) is 12.1 Å². The molecule has 0 aliphatic rings. The minimum atomic E-state index is -1.00. The molecule has 7 heteroatoms. The average molecular weight is 288 g/mol. The highest BCUT2D eigenvalue weighted by Crippen LogP contribution is 2.27. The molecule has 1 amide bonds. The van der Waals surface area contributed by atoms with Gasteiger partial charge in [-0.3, -0.25) is 4.79 Å². The van der Waals surface area contributed by atoms with Gasteiger partial charge in [-0.25, -0.2) is 13.8 Å². The maximum atomic E-state index is 13.9. The molecule has 0 spiro atoms. The number of alkyl halides is 1. The van der Waals surface area contributed by atoms with E-state index in [0.29, 0.717) is 11.3 Å². The van der Waals surface area contributed by atoms with E-state index in [1.807, 2.05) is 0 Å². The Hall–Kier alpha value is -1.69. The van der Waals surface area contributed by atoms with E-state index >= 15 is 0 Å². The quantitative estimate of drug-likeness (QED) is 0.878. The van der Waals surface area contributed by atoms with Gasteiger partial charge in [-0.1, -0.05) is 0 Å². The van der Waals surface area contributed by atoms with E-state index < -0.39 is 23.6 Å². The first-order valence-corrected chi connectivity index (χ1v) is 6.18. The average Bonchev–Trinajstić information content (AvgIpc) is 2.72. The first kappa shape index (κ1) is 13.7. The lowest BCUT2D eigenvalue weighted by atomic mass is 10.2. The van der Waals surface area contributed by atoms with Crippen LogP contribution in [0, 0.1) is 11.6 Å². The molecule has 102 valence electrons. The highest BCUT2D eigenvalue weighted by molar-refractivity contribution is 6.16. The van der Waals surface area contributed by atoms with Crippen molar-refractivity contribution in [1.82, 2.24) is 9.55 Å². The Labute approximate surface area is 113 Å². The molecular weight excluding hydrogens is 276 g/mol. The second-order valence-corrected chi connectivity index (χ2v) is 4.55. The van der Waals surface area contributed by atoms with Crippen molar-refractivity contribution in [3.63, 3.8) is 0 Å². The molecule has 2 rings (SSSR count). The summed E-state index contributed by atoms with van der Waals surface area (Å²) < 4.78 is 28.7. The standard InChI is InChI=1S/C12H12ClF2N3O/c1-6(4-9(16)19)18-10(5-13)17-8-3-2-7(14)11(15)12(8)18/h2-3,6H,4-5H2,1H3,(H2,16,19). The van der Waals surface area contributed by atoms with Gasteiger partial charge >= 0.3 is 0 Å². The van der Waals surface area contributed by atoms with Crippen molar-refractivity contribution in [2.45, 2.75) is 25.3 Å². The number of aromatic nitrogens is 2. The molecule has 1 unspecified atom stereocenters. The van der Waals surface area contributed by atoms with E-state index in [4.69, 9.17) is 17.3 Å². The van der Waals surface area contributed by atoms with Crippen LogP contribution in [0.5, 0.6) is 0 Å². The van der Waals surface area contributed by atoms with Gasteiger partial charge in [0.05, 0.1) is 11.4 Å². The molecule has 0 aliphatic heterocycles. The van der Waals surface area contributed by atoms with Crippen LogP contribution in [0.4, 0.5) is 8.78 Å². The molecule has 0 fully saturated rings. The molecule has 0 saturated carbocycles. The molecule has 0 radical (unpaired) electrons. The number of amides is 1. The zero-order valence-corrected chi connectivity index (χ0v) is 10.9. The van der Waals surface area contributed by atoms with Crippen molar-refractivity contribution in [1.29, 1.82) is 0 Å². The van der Waals surface area contributed by atoms with E-state index in [2.05, 4.69) is 4.98 Å². The minimum absolute atomic E-state index is 0.00407. The van der Waals surface area contributed by atoms with Gasteiger partial charge in [0, 0.05) is 12.5 Å². The van der Waals surface area contributed by atoms with E-state index in [1.165, 1.54) is 10.6 Å². The van der Waals surface area contributed by atoms with Crippen molar-refractivity contribution in [3.8, 4) is 0 Å². The number of carbonyl (C=O) groups excluding carboxylic acids is 1. The molecule has 0 aliphatic carbocycles. The third-order valence-electron chi connectivity index (χ3n) is 2.87. The van der Waals surface area contributed by atoms with Crippen LogP contribution in [-0.4, -0.2) is 15.5 Å². The Bertz CT molecular complexity index is 641. The lowest BCUT2D eigenvalue weighted by Gasteiger charge is -2.15. The summed E-state index contributed by atoms with van der Waals surface area (Å²) >= 11 is 5.76. The number of primary amides is 1. The second kappa shape index (κ2) is 5.13. The van der Waals surface area contributed by atoms with Gasteiger partial charge < -0.3 is 10.3 Å². The largest absolute Gasteiger partial charge is 0.370 e. The zero-order chi connectivity index (χ0) is 14.2. The van der Waals surface area contributed by atoms with Gasteiger partial charge in [-0.15, -0.1) is 11.6 Å². The summed E-state index contributed by atoms with van der Waals surface area (Å²) in [5.41, 5.74) is 5.43. The van der Waals surface area contributed by atoms with Gasteiger partial charge in [0.15, 0.2) is 11.6 Å². The van der Waals surface area contributed by atoms with Gasteiger partial charge in [0.2, 0.25) is 5.91 Å². The number of fused-ring (bicyclic) bond motifs is 1. The number of hydrogen-bond donors (Lipinski definition) is 1. The van der Waals surface area contributed by atoms with Crippen molar-refractivity contribution in [3.05, 3.63) is 29.6 Å². The Morgan fingerprint density at radius 1 is 1.53 bits per heavy atom. The molecule has 0 saturated heterocycles. The van der Waals surface area contributed by atoms with E-state index in [0.717, 1.165) is 6.07 Å². The Morgan fingerprint density at radius 3 is 2.79 bits per heavy atom. The highest BCUT2D eigenvalue weighted by atomic mass is 35.5. The number of rotatable bonds is 4. The molecule has 1 aromatic heterocycles. The first-order chi connectivity index (χ1) is 8.95. The number of nitrogens with zero attached hydrogens (tertiary/aromatic N) is 2. The van der Waals surface area contributed by atoms with Gasteiger partial charge in [-0.2, -0.15) is 0 Å². The summed E-state index contributed by atoms with van der Waals surface area (Å²) in [6, 6.07) is 1.93. The summed E-state index contributed by atoms with van der Waals surface area (Å²) in [6.45, 7) is 1.67. The lowest BCUT2D eigenvalue weighted by Crippen LogP contribution is -2.19. The van der Waals surface area contributed by atoms with E-state index in [1.54, 1.807) is 6.92 Å². The molecule has 0 bridgehead atoms. The number of hydrogen-bond acceptors (Lipinski definition) is 2. The normalized spacial score (nSPS) is 12.8. The Kier molecular flexibility index (Phi) is 3.71. The van der Waals surface area contributed by atoms with Crippen molar-refractivity contribution >= 4 is 28.5 Å². The summed E-state index contributed by atoms with van der Waals surface area (Å²) in [5.74, 6) is -2.11. The number of nitrogens with two attached hydrogens (primary N) is 1. The SMILES string of the molecule is CC(CC(N)=O)n1c(CCl)nc2ccc(F)c(F)c21. The molecular formula is C12H12ClF2N3O. The van der Waals surface area contributed by atoms with Gasteiger partial charge in [-0.05, 0) is 19.1 Å². The van der Waals surface area contributed by atoms with Crippen LogP contribution in [0.25, 0.3) is 11.0 Å². The van der Waals surface area contributed by atoms with Crippen LogP contribution < -0.4 is 5.73 Å². The van der Waals surface area contributed by atoms with Crippen molar-refractivity contribution < 1.29 is 13.6 Å². The fourth-order valence-electron chi connectivity index (χ4n) is 2.12. The van der Waals surface area contributed by atoms with Crippen LogP contribution in [0.1, 0.15) is 25.2 Å². The maximum Gasteiger partial charge on any atom is 0.219 e. The third kappa shape index (κ3) is 2.40. The van der Waals surface area contributed by atoms with Crippen LogP contribution in [-0.2, 0) is 10.7 Å². The predicted molar refractivity (Wildman–Crippen MR) is 67.7 cm³/mol. The zero-order valence-electron chi connectivity index (χ0n) is 10.2.